The van der Waals surface area contributed by atoms with Crippen LogP contribution in [0.2, 0.25) is 0 Å². The van der Waals surface area contributed by atoms with E-state index < -0.39 is 0 Å². The van der Waals surface area contributed by atoms with Gasteiger partial charge in [-0.2, -0.15) is 0 Å². The van der Waals surface area contributed by atoms with Gasteiger partial charge in [0.15, 0.2) is 17.5 Å². The van der Waals surface area contributed by atoms with Crippen molar-refractivity contribution in [3.8, 4) is 11.5 Å². The molecule has 0 heterocycles. The zero-order valence-corrected chi connectivity index (χ0v) is 18.9. The second-order valence-electron chi connectivity index (χ2n) is 6.91. The van der Waals surface area contributed by atoms with Crippen molar-refractivity contribution < 1.29 is 14.3 Å². The van der Waals surface area contributed by atoms with Gasteiger partial charge in [-0.15, -0.1) is 0 Å². The number of nitrogens with zero attached hydrogens (tertiary/aromatic N) is 1. The molecule has 0 bridgehead atoms. The molecular formula is C24H34N4O3. The Hall–Kier alpha value is -3.22. The van der Waals surface area contributed by atoms with Crippen molar-refractivity contribution in [2.24, 2.45) is 4.99 Å². The van der Waals surface area contributed by atoms with E-state index in [1.165, 1.54) is 0 Å². The molecule has 168 valence electrons. The smallest absolute Gasteiger partial charge is 0.251 e. The SMILES string of the molecule is CCOc1ccc(C(C)NC(=NC)NCCCNC(=O)c2ccccc2)cc1OCC. The molecule has 1 amide bonds. The molecule has 0 aliphatic heterocycles. The van der Waals surface area contributed by atoms with E-state index in [0.717, 1.165) is 23.5 Å². The summed E-state index contributed by atoms with van der Waals surface area (Å²) in [6.45, 7) is 8.43. The van der Waals surface area contributed by atoms with Crippen LogP contribution in [0.1, 0.15) is 49.2 Å². The molecule has 0 saturated heterocycles. The largest absolute Gasteiger partial charge is 0.490 e. The van der Waals surface area contributed by atoms with Gasteiger partial charge >= 0.3 is 0 Å². The highest BCUT2D eigenvalue weighted by molar-refractivity contribution is 5.94. The minimum atomic E-state index is -0.0580. The average Bonchev–Trinajstić information content (AvgIpc) is 2.79. The van der Waals surface area contributed by atoms with Crippen LogP contribution in [0.25, 0.3) is 0 Å². The Morgan fingerprint density at radius 3 is 2.32 bits per heavy atom. The lowest BCUT2D eigenvalue weighted by molar-refractivity contribution is 0.0953. The van der Waals surface area contributed by atoms with Crippen molar-refractivity contribution in [1.29, 1.82) is 0 Å². The summed E-state index contributed by atoms with van der Waals surface area (Å²) in [5.41, 5.74) is 1.74. The molecule has 0 fully saturated rings. The second-order valence-corrected chi connectivity index (χ2v) is 6.91. The third kappa shape index (κ3) is 7.85. The zero-order valence-electron chi connectivity index (χ0n) is 18.9. The number of carbonyl (C=O) groups excluding carboxylic acids is 1. The van der Waals surface area contributed by atoms with Gasteiger partial charge in [0.25, 0.3) is 5.91 Å². The fourth-order valence-electron chi connectivity index (χ4n) is 3.01. The van der Waals surface area contributed by atoms with Crippen molar-refractivity contribution in [3.05, 3.63) is 59.7 Å². The predicted octanol–water partition coefficient (Wildman–Crippen LogP) is 3.53. The van der Waals surface area contributed by atoms with Crippen LogP contribution in [0.15, 0.2) is 53.5 Å². The van der Waals surface area contributed by atoms with Crippen molar-refractivity contribution in [2.45, 2.75) is 33.2 Å². The Bertz CT molecular complexity index is 840. The lowest BCUT2D eigenvalue weighted by Gasteiger charge is -2.20. The fourth-order valence-corrected chi connectivity index (χ4v) is 3.01. The first-order valence-electron chi connectivity index (χ1n) is 10.8. The second kappa shape index (κ2) is 13.2. The number of ether oxygens (including phenoxy) is 2. The van der Waals surface area contributed by atoms with Crippen LogP contribution in [-0.4, -0.2) is 45.2 Å². The molecular weight excluding hydrogens is 392 g/mol. The summed E-state index contributed by atoms with van der Waals surface area (Å²) < 4.78 is 11.4. The number of carbonyl (C=O) groups is 1. The molecule has 0 radical (unpaired) electrons. The maximum Gasteiger partial charge on any atom is 0.251 e. The lowest BCUT2D eigenvalue weighted by atomic mass is 10.1. The number of aliphatic imine (C=N–C) groups is 1. The van der Waals surface area contributed by atoms with Gasteiger partial charge in [-0.25, -0.2) is 0 Å². The molecule has 2 aromatic carbocycles. The predicted molar refractivity (Wildman–Crippen MR) is 125 cm³/mol. The van der Waals surface area contributed by atoms with E-state index in [0.29, 0.717) is 37.8 Å². The molecule has 1 atom stereocenters. The number of guanidine groups is 1. The third-order valence-electron chi connectivity index (χ3n) is 4.61. The lowest BCUT2D eigenvalue weighted by Crippen LogP contribution is -2.40. The van der Waals surface area contributed by atoms with Crippen LogP contribution < -0.4 is 25.4 Å². The molecule has 0 saturated carbocycles. The number of hydrogen-bond donors (Lipinski definition) is 3. The Kier molecular flexibility index (Phi) is 10.2. The van der Waals surface area contributed by atoms with Crippen molar-refractivity contribution in [2.75, 3.05) is 33.4 Å². The number of hydrogen-bond acceptors (Lipinski definition) is 4. The Morgan fingerprint density at radius 2 is 1.65 bits per heavy atom. The third-order valence-corrected chi connectivity index (χ3v) is 4.61. The van der Waals surface area contributed by atoms with Gasteiger partial charge < -0.3 is 25.4 Å². The zero-order chi connectivity index (χ0) is 22.5. The topological polar surface area (TPSA) is 84.0 Å². The van der Waals surface area contributed by atoms with Crippen LogP contribution in [0.3, 0.4) is 0 Å². The molecule has 0 aromatic heterocycles. The normalized spacial score (nSPS) is 12.1. The van der Waals surface area contributed by atoms with Crippen LogP contribution >= 0.6 is 0 Å². The highest BCUT2D eigenvalue weighted by Gasteiger charge is 2.12. The van der Waals surface area contributed by atoms with Gasteiger partial charge in [-0.05, 0) is 57.0 Å². The summed E-state index contributed by atoms with van der Waals surface area (Å²) in [4.78, 5) is 16.3. The molecule has 0 spiro atoms. The summed E-state index contributed by atoms with van der Waals surface area (Å²) >= 11 is 0. The highest BCUT2D eigenvalue weighted by Crippen LogP contribution is 2.30. The van der Waals surface area contributed by atoms with Crippen molar-refractivity contribution in [1.82, 2.24) is 16.0 Å². The van der Waals surface area contributed by atoms with E-state index in [2.05, 4.69) is 27.9 Å². The summed E-state index contributed by atoms with van der Waals surface area (Å²) in [7, 11) is 1.74. The summed E-state index contributed by atoms with van der Waals surface area (Å²) in [5, 5.41) is 9.60. The molecule has 2 rings (SSSR count). The standard InChI is InChI=1S/C24H34N4O3/c1-5-30-21-14-13-20(17-22(21)31-6-2)18(3)28-24(25-4)27-16-10-15-26-23(29)19-11-8-7-9-12-19/h7-9,11-14,17-18H,5-6,10,15-16H2,1-4H3,(H,26,29)(H2,25,27,28). The molecule has 7 nitrogen and oxygen atoms in total. The number of benzene rings is 2. The summed E-state index contributed by atoms with van der Waals surface area (Å²) in [6.07, 6.45) is 0.783. The molecule has 3 N–H and O–H groups in total. The highest BCUT2D eigenvalue weighted by atomic mass is 16.5. The number of nitrogens with one attached hydrogen (secondary N) is 3. The first-order valence-corrected chi connectivity index (χ1v) is 10.8. The van der Waals surface area contributed by atoms with Gasteiger partial charge in [0.1, 0.15) is 0 Å². The van der Waals surface area contributed by atoms with E-state index in [1.54, 1.807) is 19.2 Å². The molecule has 31 heavy (non-hydrogen) atoms. The average molecular weight is 427 g/mol. The van der Waals surface area contributed by atoms with E-state index in [-0.39, 0.29) is 11.9 Å². The molecule has 1 unspecified atom stereocenters. The van der Waals surface area contributed by atoms with Crippen LogP contribution in [-0.2, 0) is 0 Å². The van der Waals surface area contributed by atoms with Gasteiger partial charge in [0, 0.05) is 25.7 Å². The van der Waals surface area contributed by atoms with E-state index in [4.69, 9.17) is 9.47 Å². The Labute approximate surface area is 185 Å². The van der Waals surface area contributed by atoms with E-state index in [9.17, 15) is 4.79 Å². The molecule has 0 aliphatic carbocycles. The van der Waals surface area contributed by atoms with E-state index in [1.807, 2.05) is 50.2 Å². The maximum atomic E-state index is 12.1. The molecule has 0 aliphatic rings. The van der Waals surface area contributed by atoms with Gasteiger partial charge in [-0.3, -0.25) is 9.79 Å². The monoisotopic (exact) mass is 426 g/mol. The van der Waals surface area contributed by atoms with Crippen molar-refractivity contribution >= 4 is 11.9 Å². The summed E-state index contributed by atoms with van der Waals surface area (Å²) in [6, 6.07) is 15.2. The first kappa shape index (κ1) is 24.1. The molecule has 2 aromatic rings. The van der Waals surface area contributed by atoms with Crippen LogP contribution in [0.5, 0.6) is 11.5 Å². The quantitative estimate of drug-likeness (QED) is 0.291. The van der Waals surface area contributed by atoms with Gasteiger partial charge in [0.05, 0.1) is 19.3 Å². The first-order chi connectivity index (χ1) is 15.1. The van der Waals surface area contributed by atoms with Gasteiger partial charge in [-0.1, -0.05) is 24.3 Å². The number of amides is 1. The fraction of sp³-hybridized carbons (Fsp3) is 0.417. The molecule has 7 heteroatoms. The Balaban J connectivity index is 1.80. The summed E-state index contributed by atoms with van der Waals surface area (Å²) in [5.74, 6) is 2.14. The van der Waals surface area contributed by atoms with Crippen LogP contribution in [0, 0.1) is 0 Å². The minimum absolute atomic E-state index is 0.0267. The number of rotatable bonds is 11. The van der Waals surface area contributed by atoms with E-state index >= 15 is 0 Å². The maximum absolute atomic E-state index is 12.1. The van der Waals surface area contributed by atoms with Crippen LogP contribution in [0.4, 0.5) is 0 Å². The Morgan fingerprint density at radius 1 is 0.968 bits per heavy atom. The minimum Gasteiger partial charge on any atom is -0.490 e. The van der Waals surface area contributed by atoms with Gasteiger partial charge in [0.2, 0.25) is 0 Å². The van der Waals surface area contributed by atoms with Crippen molar-refractivity contribution in [3.63, 3.8) is 0 Å².